The maximum atomic E-state index is 13.2. The molecule has 2 heterocycles. The van der Waals surface area contributed by atoms with Crippen LogP contribution in [0, 0.1) is 5.82 Å². The van der Waals surface area contributed by atoms with Gasteiger partial charge in [-0.05, 0) is 48.0 Å². The highest BCUT2D eigenvalue weighted by atomic mass is 19.1. The molecule has 0 radical (unpaired) electrons. The Morgan fingerprint density at radius 2 is 1.77 bits per heavy atom. The lowest BCUT2D eigenvalue weighted by Crippen LogP contribution is -2.49. The van der Waals surface area contributed by atoms with E-state index in [1.54, 1.807) is 13.2 Å². The van der Waals surface area contributed by atoms with Crippen LogP contribution in [-0.4, -0.2) is 53.9 Å². The Balaban J connectivity index is 1.41. The quantitative estimate of drug-likeness (QED) is 0.631. The topological polar surface area (TPSA) is 67.7 Å². The Morgan fingerprint density at radius 3 is 2.48 bits per heavy atom. The number of benzene rings is 2. The zero-order valence-electron chi connectivity index (χ0n) is 17.2. The van der Waals surface area contributed by atoms with E-state index in [0.29, 0.717) is 44.1 Å². The molecule has 7 nitrogen and oxygen atoms in total. The Morgan fingerprint density at radius 1 is 1.03 bits per heavy atom. The van der Waals surface area contributed by atoms with E-state index in [9.17, 15) is 14.0 Å². The van der Waals surface area contributed by atoms with Crippen molar-refractivity contribution >= 4 is 11.7 Å². The van der Waals surface area contributed by atoms with Crippen LogP contribution in [0.3, 0.4) is 0 Å². The molecule has 3 aromatic rings. The molecule has 0 aliphatic carbocycles. The number of anilines is 1. The fourth-order valence-electron chi connectivity index (χ4n) is 3.59. The van der Waals surface area contributed by atoms with E-state index in [1.165, 1.54) is 35.0 Å². The minimum Gasteiger partial charge on any atom is -0.497 e. The molecule has 1 aliphatic heterocycles. The van der Waals surface area contributed by atoms with E-state index < -0.39 is 0 Å². The molecule has 0 spiro atoms. The van der Waals surface area contributed by atoms with Gasteiger partial charge < -0.3 is 14.5 Å². The Kier molecular flexibility index (Phi) is 5.97. The molecule has 1 aliphatic rings. The Hall–Kier alpha value is -3.68. The van der Waals surface area contributed by atoms with Crippen LogP contribution in [-0.2, 0) is 11.2 Å². The van der Waals surface area contributed by atoms with Crippen LogP contribution in [0.1, 0.15) is 5.56 Å². The number of carbonyl (C=O) groups excluding carboxylic acids is 1. The molecule has 1 saturated heterocycles. The summed E-state index contributed by atoms with van der Waals surface area (Å²) in [5.74, 6) is 1.07. The second-order valence-corrected chi connectivity index (χ2v) is 7.31. The molecule has 1 amide bonds. The van der Waals surface area contributed by atoms with Gasteiger partial charge in [0.05, 0.1) is 19.2 Å². The monoisotopic (exact) mass is 422 g/mol. The molecule has 0 N–H and O–H groups in total. The second-order valence-electron chi connectivity index (χ2n) is 7.31. The third-order valence-electron chi connectivity index (χ3n) is 5.30. The van der Waals surface area contributed by atoms with Crippen molar-refractivity contribution in [3.8, 4) is 11.4 Å². The number of hydrogen-bond donors (Lipinski definition) is 0. The standard InChI is InChI=1S/C23H23FN4O3/c1-31-20-4-2-3-17(15-20)16-23(30)27-13-11-26(12-14-27)21-9-10-22(29)28(25-21)19-7-5-18(24)6-8-19/h2-10,15H,11-14,16H2,1H3. The van der Waals surface area contributed by atoms with Crippen LogP contribution in [0.4, 0.5) is 10.2 Å². The summed E-state index contributed by atoms with van der Waals surface area (Å²) in [6.45, 7) is 2.36. The van der Waals surface area contributed by atoms with Gasteiger partial charge in [0.1, 0.15) is 17.4 Å². The van der Waals surface area contributed by atoms with Crippen molar-refractivity contribution in [3.05, 3.63) is 82.4 Å². The molecule has 0 atom stereocenters. The molecule has 0 unspecified atom stereocenters. The molecule has 4 rings (SSSR count). The van der Waals surface area contributed by atoms with E-state index in [-0.39, 0.29) is 17.3 Å². The summed E-state index contributed by atoms with van der Waals surface area (Å²) in [4.78, 5) is 28.8. The molecule has 0 bridgehead atoms. The van der Waals surface area contributed by atoms with Gasteiger partial charge in [-0.1, -0.05) is 12.1 Å². The Bertz CT molecular complexity index is 1120. The second kappa shape index (κ2) is 8.99. The summed E-state index contributed by atoms with van der Waals surface area (Å²) in [7, 11) is 1.60. The average Bonchev–Trinajstić information content (AvgIpc) is 2.80. The lowest BCUT2D eigenvalue weighted by molar-refractivity contribution is -0.130. The first-order valence-corrected chi connectivity index (χ1v) is 10.1. The van der Waals surface area contributed by atoms with E-state index in [0.717, 1.165) is 11.3 Å². The van der Waals surface area contributed by atoms with Crippen LogP contribution < -0.4 is 15.2 Å². The van der Waals surface area contributed by atoms with E-state index in [4.69, 9.17) is 4.74 Å². The predicted molar refractivity (Wildman–Crippen MR) is 115 cm³/mol. The number of methoxy groups -OCH3 is 1. The Labute approximate surface area is 179 Å². The molecule has 8 heteroatoms. The van der Waals surface area contributed by atoms with Crippen LogP contribution in [0.25, 0.3) is 5.69 Å². The van der Waals surface area contributed by atoms with Crippen LogP contribution >= 0.6 is 0 Å². The fourth-order valence-corrected chi connectivity index (χ4v) is 3.59. The minimum absolute atomic E-state index is 0.0668. The summed E-state index contributed by atoms with van der Waals surface area (Å²) >= 11 is 0. The normalized spacial score (nSPS) is 13.9. The van der Waals surface area contributed by atoms with Crippen molar-refractivity contribution in [2.75, 3.05) is 38.2 Å². The zero-order chi connectivity index (χ0) is 21.8. The highest BCUT2D eigenvalue weighted by Crippen LogP contribution is 2.16. The molecule has 31 heavy (non-hydrogen) atoms. The highest BCUT2D eigenvalue weighted by molar-refractivity contribution is 5.79. The summed E-state index contributed by atoms with van der Waals surface area (Å²) in [5, 5.41) is 4.44. The van der Waals surface area contributed by atoms with Crippen molar-refractivity contribution in [3.63, 3.8) is 0 Å². The third-order valence-corrected chi connectivity index (χ3v) is 5.30. The molecular weight excluding hydrogens is 399 g/mol. The van der Waals surface area contributed by atoms with Crippen LogP contribution in [0.2, 0.25) is 0 Å². The number of hydrogen-bond acceptors (Lipinski definition) is 5. The number of ether oxygens (including phenoxy) is 1. The van der Waals surface area contributed by atoms with Crippen LogP contribution in [0.15, 0.2) is 65.5 Å². The van der Waals surface area contributed by atoms with Gasteiger partial charge in [0.2, 0.25) is 5.91 Å². The van der Waals surface area contributed by atoms with Gasteiger partial charge >= 0.3 is 0 Å². The third kappa shape index (κ3) is 4.74. The van der Waals surface area contributed by atoms with Crippen molar-refractivity contribution in [2.24, 2.45) is 0 Å². The molecule has 160 valence electrons. The number of halogens is 1. The molecule has 1 fully saturated rings. The SMILES string of the molecule is COc1cccc(CC(=O)N2CCN(c3ccc(=O)n(-c4ccc(F)cc4)n3)CC2)c1. The van der Waals surface area contributed by atoms with Crippen molar-refractivity contribution in [1.29, 1.82) is 0 Å². The van der Waals surface area contributed by atoms with Gasteiger partial charge in [-0.25, -0.2) is 4.39 Å². The van der Waals surface area contributed by atoms with Gasteiger partial charge in [0.15, 0.2) is 0 Å². The van der Waals surface area contributed by atoms with Gasteiger partial charge in [0, 0.05) is 32.2 Å². The van der Waals surface area contributed by atoms with Crippen molar-refractivity contribution < 1.29 is 13.9 Å². The lowest BCUT2D eigenvalue weighted by Gasteiger charge is -2.35. The first-order chi connectivity index (χ1) is 15.0. The predicted octanol–water partition coefficient (Wildman–Crippen LogP) is 2.27. The van der Waals surface area contributed by atoms with Crippen molar-refractivity contribution in [2.45, 2.75) is 6.42 Å². The lowest BCUT2D eigenvalue weighted by atomic mass is 10.1. The summed E-state index contributed by atoms with van der Waals surface area (Å²) in [5.41, 5.74) is 1.13. The van der Waals surface area contributed by atoms with Gasteiger partial charge in [0.25, 0.3) is 5.56 Å². The number of piperazine rings is 1. The van der Waals surface area contributed by atoms with E-state index in [2.05, 4.69) is 5.10 Å². The van der Waals surface area contributed by atoms with E-state index >= 15 is 0 Å². The maximum Gasteiger partial charge on any atom is 0.271 e. The molecule has 2 aromatic carbocycles. The number of amides is 1. The number of rotatable bonds is 5. The summed E-state index contributed by atoms with van der Waals surface area (Å²) in [6, 6.07) is 16.3. The van der Waals surface area contributed by atoms with Crippen molar-refractivity contribution in [1.82, 2.24) is 14.7 Å². The number of carbonyl (C=O) groups is 1. The number of nitrogens with zero attached hydrogens (tertiary/aromatic N) is 4. The maximum absolute atomic E-state index is 13.2. The zero-order valence-corrected chi connectivity index (χ0v) is 17.2. The highest BCUT2D eigenvalue weighted by Gasteiger charge is 2.22. The van der Waals surface area contributed by atoms with Gasteiger partial charge in [-0.2, -0.15) is 4.68 Å². The number of aromatic nitrogens is 2. The van der Waals surface area contributed by atoms with E-state index in [1.807, 2.05) is 34.1 Å². The first kappa shape index (κ1) is 20.6. The minimum atomic E-state index is -0.373. The molecular formula is C23H23FN4O3. The average molecular weight is 422 g/mol. The largest absolute Gasteiger partial charge is 0.497 e. The smallest absolute Gasteiger partial charge is 0.271 e. The molecule has 0 saturated carbocycles. The fraction of sp³-hybridized carbons (Fsp3) is 0.261. The van der Waals surface area contributed by atoms with Crippen LogP contribution in [0.5, 0.6) is 5.75 Å². The molecule has 1 aromatic heterocycles. The summed E-state index contributed by atoms with van der Waals surface area (Å²) in [6.07, 6.45) is 0.324. The van der Waals surface area contributed by atoms with Gasteiger partial charge in [-0.3, -0.25) is 9.59 Å². The first-order valence-electron chi connectivity index (χ1n) is 10.1. The van der Waals surface area contributed by atoms with Gasteiger partial charge in [-0.15, -0.1) is 5.10 Å². The summed E-state index contributed by atoms with van der Waals surface area (Å²) < 4.78 is 19.7.